The van der Waals surface area contributed by atoms with E-state index in [0.717, 1.165) is 23.5 Å². The van der Waals surface area contributed by atoms with Gasteiger partial charge in [-0.15, -0.1) is 0 Å². The second-order valence-electron chi connectivity index (χ2n) is 3.68. The van der Waals surface area contributed by atoms with E-state index in [1.807, 2.05) is 18.2 Å². The van der Waals surface area contributed by atoms with E-state index in [4.69, 9.17) is 0 Å². The van der Waals surface area contributed by atoms with Crippen molar-refractivity contribution >= 4 is 21.9 Å². The predicted octanol–water partition coefficient (Wildman–Crippen LogP) is 1.89. The molecule has 0 radical (unpaired) electrons. The van der Waals surface area contributed by atoms with Gasteiger partial charge in [-0.25, -0.2) is 0 Å². The van der Waals surface area contributed by atoms with Crippen molar-refractivity contribution in [3.05, 3.63) is 34.3 Å². The molecular weight excluding hydrogens is 254 g/mol. The lowest BCUT2D eigenvalue weighted by Crippen LogP contribution is -2.37. The van der Waals surface area contributed by atoms with E-state index in [2.05, 4.69) is 44.5 Å². The van der Waals surface area contributed by atoms with Crippen LogP contribution in [0.15, 0.2) is 33.7 Å². The molecule has 2 N–H and O–H groups in total. The highest BCUT2D eigenvalue weighted by molar-refractivity contribution is 9.10. The summed E-state index contributed by atoms with van der Waals surface area (Å²) in [5.41, 5.74) is 1.24. The average Bonchev–Trinajstić information content (AvgIpc) is 2.63. The minimum absolute atomic E-state index is 0.451. The molecule has 0 bridgehead atoms. The number of hydrogen-bond donors (Lipinski definition) is 2. The fourth-order valence-electron chi connectivity index (χ4n) is 1.48. The van der Waals surface area contributed by atoms with Gasteiger partial charge in [0.1, 0.15) is 0 Å². The summed E-state index contributed by atoms with van der Waals surface area (Å²) in [5, 5.41) is 6.55. The molecule has 80 valence electrons. The summed E-state index contributed by atoms with van der Waals surface area (Å²) >= 11 is 3.52. The average molecular weight is 268 g/mol. The smallest absolute Gasteiger partial charge is 0.191 e. The van der Waals surface area contributed by atoms with Crippen LogP contribution in [-0.2, 0) is 6.54 Å². The summed E-state index contributed by atoms with van der Waals surface area (Å²) in [6.07, 6.45) is 0. The molecule has 1 unspecified atom stereocenters. The van der Waals surface area contributed by atoms with Crippen molar-refractivity contribution in [2.24, 2.45) is 4.99 Å². The van der Waals surface area contributed by atoms with Gasteiger partial charge < -0.3 is 10.6 Å². The Balaban J connectivity index is 1.91. The van der Waals surface area contributed by atoms with E-state index in [1.165, 1.54) is 5.56 Å². The molecule has 0 aromatic heterocycles. The van der Waals surface area contributed by atoms with E-state index in [1.54, 1.807) is 0 Å². The number of rotatable bonds is 2. The Bertz CT molecular complexity index is 376. The van der Waals surface area contributed by atoms with Crippen molar-refractivity contribution in [2.75, 3.05) is 6.54 Å². The van der Waals surface area contributed by atoms with Crippen LogP contribution in [0.25, 0.3) is 0 Å². The monoisotopic (exact) mass is 267 g/mol. The maximum absolute atomic E-state index is 4.34. The summed E-state index contributed by atoms with van der Waals surface area (Å²) < 4.78 is 1.13. The molecule has 1 aliphatic rings. The van der Waals surface area contributed by atoms with Gasteiger partial charge in [-0.1, -0.05) is 34.1 Å². The number of guanidine groups is 1. The lowest BCUT2D eigenvalue weighted by molar-refractivity contribution is 0.713. The van der Waals surface area contributed by atoms with E-state index < -0.39 is 0 Å². The minimum atomic E-state index is 0.451. The molecular formula is C11H14BrN3. The Hall–Kier alpha value is -1.03. The third kappa shape index (κ3) is 2.72. The Labute approximate surface area is 98.1 Å². The fraction of sp³-hybridized carbons (Fsp3) is 0.364. The summed E-state index contributed by atoms with van der Waals surface area (Å²) in [5.74, 6) is 0.901. The van der Waals surface area contributed by atoms with Crippen LogP contribution in [0.3, 0.4) is 0 Å². The molecule has 15 heavy (non-hydrogen) atoms. The first-order valence-electron chi connectivity index (χ1n) is 5.04. The maximum Gasteiger partial charge on any atom is 0.191 e. The van der Waals surface area contributed by atoms with Crippen LogP contribution in [0.5, 0.6) is 0 Å². The number of halogens is 1. The summed E-state index contributed by atoms with van der Waals surface area (Å²) in [6.45, 7) is 3.77. The van der Waals surface area contributed by atoms with Crippen LogP contribution in [0.4, 0.5) is 0 Å². The Morgan fingerprint density at radius 3 is 3.00 bits per heavy atom. The highest BCUT2D eigenvalue weighted by Crippen LogP contribution is 2.15. The van der Waals surface area contributed by atoms with E-state index in [9.17, 15) is 0 Å². The van der Waals surface area contributed by atoms with Gasteiger partial charge in [0.2, 0.25) is 0 Å². The quantitative estimate of drug-likeness (QED) is 0.859. The maximum atomic E-state index is 4.34. The molecule has 0 aliphatic carbocycles. The highest BCUT2D eigenvalue weighted by atomic mass is 79.9. The Kier molecular flexibility index (Phi) is 3.26. The van der Waals surface area contributed by atoms with Crippen molar-refractivity contribution < 1.29 is 0 Å². The third-order valence-corrected chi connectivity index (χ3v) is 3.08. The van der Waals surface area contributed by atoms with Gasteiger partial charge in [-0.2, -0.15) is 0 Å². The van der Waals surface area contributed by atoms with Gasteiger partial charge in [0.25, 0.3) is 0 Å². The largest absolute Gasteiger partial charge is 0.352 e. The Morgan fingerprint density at radius 2 is 2.33 bits per heavy atom. The lowest BCUT2D eigenvalue weighted by atomic mass is 10.2. The molecule has 1 heterocycles. The molecule has 0 fully saturated rings. The van der Waals surface area contributed by atoms with Crippen molar-refractivity contribution in [3.63, 3.8) is 0 Å². The molecule has 1 aromatic rings. The zero-order valence-electron chi connectivity index (χ0n) is 8.63. The van der Waals surface area contributed by atoms with Gasteiger partial charge in [-0.05, 0) is 18.6 Å². The first-order chi connectivity index (χ1) is 7.25. The molecule has 3 nitrogen and oxygen atoms in total. The zero-order chi connectivity index (χ0) is 10.7. The molecule has 2 rings (SSSR count). The van der Waals surface area contributed by atoms with Crippen LogP contribution in [0.1, 0.15) is 12.5 Å². The molecule has 0 saturated heterocycles. The van der Waals surface area contributed by atoms with Gasteiger partial charge in [-0.3, -0.25) is 4.99 Å². The van der Waals surface area contributed by atoms with Gasteiger partial charge in [0.15, 0.2) is 5.96 Å². The van der Waals surface area contributed by atoms with E-state index in [0.29, 0.717) is 6.04 Å². The molecule has 1 atom stereocenters. The van der Waals surface area contributed by atoms with Gasteiger partial charge in [0.05, 0.1) is 6.54 Å². The second-order valence-corrected chi connectivity index (χ2v) is 4.53. The Morgan fingerprint density at radius 1 is 1.53 bits per heavy atom. The number of nitrogens with zero attached hydrogens (tertiary/aromatic N) is 1. The van der Waals surface area contributed by atoms with Crippen molar-refractivity contribution in [1.82, 2.24) is 10.6 Å². The van der Waals surface area contributed by atoms with E-state index >= 15 is 0 Å². The first-order valence-corrected chi connectivity index (χ1v) is 5.83. The van der Waals surface area contributed by atoms with E-state index in [-0.39, 0.29) is 0 Å². The number of hydrogen-bond acceptors (Lipinski definition) is 3. The third-order valence-electron chi connectivity index (χ3n) is 2.31. The second kappa shape index (κ2) is 4.66. The molecule has 0 amide bonds. The summed E-state index contributed by atoms with van der Waals surface area (Å²) in [6, 6.07) is 8.64. The van der Waals surface area contributed by atoms with Crippen LogP contribution in [0.2, 0.25) is 0 Å². The number of nitrogens with one attached hydrogen (secondary N) is 2. The van der Waals surface area contributed by atoms with Crippen LogP contribution < -0.4 is 10.6 Å². The van der Waals surface area contributed by atoms with Gasteiger partial charge in [0, 0.05) is 17.1 Å². The summed E-state index contributed by atoms with van der Waals surface area (Å²) in [7, 11) is 0. The SMILES string of the molecule is CC1CN=C(NCc2ccccc2Br)N1. The minimum Gasteiger partial charge on any atom is -0.352 e. The predicted molar refractivity (Wildman–Crippen MR) is 65.9 cm³/mol. The molecule has 4 heteroatoms. The molecule has 1 aromatic carbocycles. The number of benzene rings is 1. The lowest BCUT2D eigenvalue weighted by Gasteiger charge is -2.09. The zero-order valence-corrected chi connectivity index (χ0v) is 10.2. The summed E-state index contributed by atoms with van der Waals surface area (Å²) in [4.78, 5) is 4.34. The molecule has 0 saturated carbocycles. The highest BCUT2D eigenvalue weighted by Gasteiger charge is 2.11. The van der Waals surface area contributed by atoms with Gasteiger partial charge >= 0.3 is 0 Å². The number of aliphatic imine (C=N–C) groups is 1. The van der Waals surface area contributed by atoms with Crippen LogP contribution in [-0.4, -0.2) is 18.5 Å². The van der Waals surface area contributed by atoms with Crippen LogP contribution in [0, 0.1) is 0 Å². The van der Waals surface area contributed by atoms with Crippen molar-refractivity contribution in [3.8, 4) is 0 Å². The van der Waals surface area contributed by atoms with Crippen molar-refractivity contribution in [2.45, 2.75) is 19.5 Å². The topological polar surface area (TPSA) is 36.4 Å². The van der Waals surface area contributed by atoms with Crippen molar-refractivity contribution in [1.29, 1.82) is 0 Å². The normalized spacial score (nSPS) is 19.6. The first kappa shape index (κ1) is 10.5. The standard InChI is InChI=1S/C11H14BrN3/c1-8-6-13-11(15-8)14-7-9-4-2-3-5-10(9)12/h2-5,8H,6-7H2,1H3,(H2,13,14,15). The fourth-order valence-corrected chi connectivity index (χ4v) is 1.91. The molecule has 1 aliphatic heterocycles. The molecule has 0 spiro atoms. The van der Waals surface area contributed by atoms with Crippen LogP contribution >= 0.6 is 15.9 Å².